The van der Waals surface area contributed by atoms with E-state index < -0.39 is 102 Å². The number of hydrogen-bond acceptors (Lipinski definition) is 12. The van der Waals surface area contributed by atoms with Crippen molar-refractivity contribution in [3.05, 3.63) is 102 Å². The van der Waals surface area contributed by atoms with Crippen LogP contribution in [0.2, 0.25) is 0 Å². The number of nitrogens with two attached hydrogens (primary N) is 3. The van der Waals surface area contributed by atoms with E-state index >= 15 is 0 Å². The lowest BCUT2D eigenvalue weighted by Crippen LogP contribution is -2.62. The number of aromatic amines is 1. The van der Waals surface area contributed by atoms with E-state index in [9.17, 15) is 48.6 Å². The third-order valence-electron chi connectivity index (χ3n) is 12.1. The number of benzene rings is 3. The van der Waals surface area contributed by atoms with E-state index in [2.05, 4.69) is 46.9 Å². The molecule has 1 aliphatic heterocycles. The Balaban J connectivity index is 1.39. The number of aromatic nitrogens is 2. The number of nitrogens with one attached hydrogen (secondary N) is 7. The maximum Gasteiger partial charge on any atom is 0.325 e. The van der Waals surface area contributed by atoms with Crippen LogP contribution in [0.4, 0.5) is 0 Å². The second-order valence-corrected chi connectivity index (χ2v) is 17.8. The molecule has 0 bridgehead atoms. The number of carbonyl (C=O) groups is 8. The molecule has 3 aromatic carbocycles. The largest absolute Gasteiger partial charge is 0.480 e. The highest BCUT2D eigenvalue weighted by atomic mass is 16.4. The van der Waals surface area contributed by atoms with E-state index in [1.165, 1.54) is 38.2 Å². The van der Waals surface area contributed by atoms with Crippen molar-refractivity contribution in [2.75, 3.05) is 13.1 Å². The zero-order chi connectivity index (χ0) is 52.5. The van der Waals surface area contributed by atoms with Crippen LogP contribution in [0.25, 0.3) is 10.8 Å². The first-order valence-corrected chi connectivity index (χ1v) is 23.7. The summed E-state index contributed by atoms with van der Waals surface area (Å²) in [6.07, 6.45) is 2.74. The topological polar surface area (TPSA) is 372 Å². The number of hydrogen-bond donors (Lipinski definition) is 12. The van der Waals surface area contributed by atoms with Crippen LogP contribution in [0.3, 0.4) is 0 Å². The van der Waals surface area contributed by atoms with Crippen LogP contribution in [0.5, 0.6) is 0 Å². The molecule has 1 aromatic heterocycles. The molecule has 23 nitrogen and oxygen atoms in total. The fraction of sp³-hybridized carbons (Fsp3) is 0.429. The van der Waals surface area contributed by atoms with E-state index in [1.807, 2.05) is 36.4 Å². The number of fused-ring (bicyclic) bond motifs is 1. The SMILES string of the molecule is C[C@H](NC(=O)[C@H](CCCN=C(N)N)NC(=O)[C@H](Cc1ccc2ccccc2c1)NC(=O)[C@@H]1CCCCN1C(=O)[C@H](NC(=O)[C@@H](NC(=O)[C@@H](N)Cc1cnc[nH]1)c1ccccc1)[C@H](C)O)C(=O)N[C@H](C)C(=O)O. The third-order valence-corrected chi connectivity index (χ3v) is 12.1. The number of carboxylic acids is 1. The summed E-state index contributed by atoms with van der Waals surface area (Å²) < 4.78 is 0. The standard InChI is InChI=1S/C49H65N13O10/c1-27(41(64)57-28(2)48(71)72)56-43(66)36(16-11-20-54-49(51)52)58-44(67)37(23-30-18-19-31-12-7-8-15-33(31)22-30)59-45(68)38-17-9-10-21-62(38)47(70)39(29(3)63)60-46(69)40(32-13-5-4-6-14-32)61-42(65)35(50)24-34-25-53-26-55-34/h4-8,12-15,18-19,22,25-29,35-40,63H,9-11,16-17,20-21,23-24,50H2,1-3H3,(H,53,55)(H,56,66)(H,57,64)(H,58,67)(H,59,68)(H,60,69)(H,61,65)(H,71,72)(H4,51,52,54)/t27-,28+,29-,35-,36-,37-,38-,39+,40-/m0/s1. The van der Waals surface area contributed by atoms with E-state index in [-0.39, 0.29) is 51.2 Å². The van der Waals surface area contributed by atoms with Gasteiger partial charge in [0.2, 0.25) is 41.4 Å². The van der Waals surface area contributed by atoms with Crippen molar-refractivity contribution in [1.29, 1.82) is 0 Å². The van der Waals surface area contributed by atoms with Gasteiger partial charge in [-0.2, -0.15) is 0 Å². The molecule has 4 aromatic rings. The van der Waals surface area contributed by atoms with E-state index in [0.717, 1.165) is 10.8 Å². The number of carboxylic acid groups (broad SMARTS) is 1. The molecule has 0 saturated carbocycles. The number of likely N-dealkylation sites (tertiary alicyclic amines) is 1. The van der Waals surface area contributed by atoms with Gasteiger partial charge in [0.25, 0.3) is 0 Å². The maximum absolute atomic E-state index is 14.6. The van der Waals surface area contributed by atoms with Gasteiger partial charge in [-0.1, -0.05) is 72.8 Å². The van der Waals surface area contributed by atoms with E-state index in [4.69, 9.17) is 17.2 Å². The quantitative estimate of drug-likeness (QED) is 0.0225. The van der Waals surface area contributed by atoms with Crippen molar-refractivity contribution in [1.82, 2.24) is 46.8 Å². The Labute approximate surface area is 415 Å². The first-order valence-electron chi connectivity index (χ1n) is 23.7. The van der Waals surface area contributed by atoms with Gasteiger partial charge < -0.3 is 69.2 Å². The average Bonchev–Trinajstić information content (AvgIpc) is 3.88. The Bertz CT molecular complexity index is 2560. The van der Waals surface area contributed by atoms with Gasteiger partial charge in [-0.25, -0.2) is 4.98 Å². The fourth-order valence-corrected chi connectivity index (χ4v) is 8.10. The van der Waals surface area contributed by atoms with Crippen LogP contribution in [-0.4, -0.2) is 140 Å². The van der Waals surface area contributed by atoms with Gasteiger partial charge in [0.05, 0.1) is 18.5 Å². The number of amides is 7. The number of aliphatic carboxylic acids is 1. The van der Waals surface area contributed by atoms with Crippen molar-refractivity contribution < 1.29 is 48.6 Å². The summed E-state index contributed by atoms with van der Waals surface area (Å²) in [5.41, 5.74) is 18.8. The molecular formula is C49H65N13O10. The molecule has 0 aliphatic carbocycles. The molecule has 1 saturated heterocycles. The summed E-state index contributed by atoms with van der Waals surface area (Å²) in [4.78, 5) is 121. The average molecular weight is 996 g/mol. The molecule has 1 fully saturated rings. The van der Waals surface area contributed by atoms with E-state index in [1.54, 1.807) is 36.4 Å². The highest BCUT2D eigenvalue weighted by molar-refractivity contribution is 5.98. The number of imidazole rings is 1. The number of carbonyl (C=O) groups excluding carboxylic acids is 7. The minimum atomic E-state index is -1.60. The molecule has 5 rings (SSSR count). The van der Waals surface area contributed by atoms with E-state index in [0.29, 0.717) is 29.7 Å². The van der Waals surface area contributed by atoms with Crippen molar-refractivity contribution in [3.8, 4) is 0 Å². The lowest BCUT2D eigenvalue weighted by Gasteiger charge is -2.38. The molecule has 0 radical (unpaired) electrons. The Morgan fingerprint density at radius 1 is 0.764 bits per heavy atom. The third kappa shape index (κ3) is 15.8. The zero-order valence-electron chi connectivity index (χ0n) is 40.4. The molecule has 2 heterocycles. The first kappa shape index (κ1) is 55.0. The summed E-state index contributed by atoms with van der Waals surface area (Å²) in [6.45, 7) is 4.03. The molecule has 0 unspecified atom stereocenters. The normalized spacial score (nSPS) is 16.7. The summed E-state index contributed by atoms with van der Waals surface area (Å²) in [5, 5.41) is 37.7. The number of nitrogens with zero attached hydrogens (tertiary/aromatic N) is 3. The van der Waals surface area contributed by atoms with Crippen molar-refractivity contribution in [2.45, 2.75) is 120 Å². The van der Waals surface area contributed by atoms with Gasteiger partial charge in [0, 0.05) is 37.8 Å². The zero-order valence-corrected chi connectivity index (χ0v) is 40.4. The smallest absolute Gasteiger partial charge is 0.325 e. The van der Waals surface area contributed by atoms with Crippen LogP contribution in [0.1, 0.15) is 75.7 Å². The van der Waals surface area contributed by atoms with Crippen LogP contribution >= 0.6 is 0 Å². The Kier molecular flexibility index (Phi) is 20.1. The van der Waals surface area contributed by atoms with Crippen LogP contribution < -0.4 is 49.1 Å². The number of aliphatic hydroxyl groups excluding tert-OH is 1. The Hall–Kier alpha value is -7.92. The molecule has 23 heteroatoms. The molecular weight excluding hydrogens is 931 g/mol. The first-order chi connectivity index (χ1) is 34.3. The van der Waals surface area contributed by atoms with Crippen molar-refractivity contribution in [2.24, 2.45) is 22.2 Å². The molecule has 1 aliphatic rings. The van der Waals surface area contributed by atoms with Crippen LogP contribution in [-0.2, 0) is 51.2 Å². The molecule has 386 valence electrons. The summed E-state index contributed by atoms with van der Waals surface area (Å²) in [5.74, 6) is -6.91. The Morgan fingerprint density at radius 3 is 2.11 bits per heavy atom. The number of piperidine rings is 1. The number of aliphatic imine (C=N–C) groups is 1. The van der Waals surface area contributed by atoms with Gasteiger partial charge in [-0.05, 0) is 74.8 Å². The van der Waals surface area contributed by atoms with Gasteiger partial charge in [0.1, 0.15) is 42.3 Å². The number of H-pyrrole nitrogens is 1. The molecule has 7 amide bonds. The summed E-state index contributed by atoms with van der Waals surface area (Å²) >= 11 is 0. The highest BCUT2D eigenvalue weighted by Crippen LogP contribution is 2.22. The van der Waals surface area contributed by atoms with Gasteiger partial charge in [0.15, 0.2) is 5.96 Å². The predicted molar refractivity (Wildman–Crippen MR) is 265 cm³/mol. The number of rotatable bonds is 24. The monoisotopic (exact) mass is 995 g/mol. The van der Waals surface area contributed by atoms with Gasteiger partial charge in [-0.15, -0.1) is 0 Å². The minimum Gasteiger partial charge on any atom is -0.480 e. The number of guanidine groups is 1. The molecule has 15 N–H and O–H groups in total. The Morgan fingerprint density at radius 2 is 1.44 bits per heavy atom. The lowest BCUT2D eigenvalue weighted by molar-refractivity contribution is -0.148. The van der Waals surface area contributed by atoms with Crippen molar-refractivity contribution >= 4 is 64.1 Å². The van der Waals surface area contributed by atoms with Crippen molar-refractivity contribution in [3.63, 3.8) is 0 Å². The molecule has 9 atom stereocenters. The molecule has 0 spiro atoms. The van der Waals surface area contributed by atoms with Gasteiger partial charge in [-0.3, -0.25) is 43.3 Å². The lowest BCUT2D eigenvalue weighted by atomic mass is 9.97. The summed E-state index contributed by atoms with van der Waals surface area (Å²) in [7, 11) is 0. The maximum atomic E-state index is 14.6. The minimum absolute atomic E-state index is 0.0327. The number of aliphatic hydroxyl groups is 1. The van der Waals surface area contributed by atoms with Crippen LogP contribution in [0.15, 0.2) is 90.3 Å². The second kappa shape index (κ2) is 26.3. The van der Waals surface area contributed by atoms with Gasteiger partial charge >= 0.3 is 5.97 Å². The summed E-state index contributed by atoms with van der Waals surface area (Å²) in [6, 6.07) is 10.9. The van der Waals surface area contributed by atoms with Crippen LogP contribution in [0, 0.1) is 0 Å². The highest BCUT2D eigenvalue weighted by Gasteiger charge is 2.40. The second-order valence-electron chi connectivity index (χ2n) is 17.8. The fourth-order valence-electron chi connectivity index (χ4n) is 8.10. The molecule has 72 heavy (non-hydrogen) atoms. The predicted octanol–water partition coefficient (Wildman–Crippen LogP) is -1.10.